The highest BCUT2D eigenvalue weighted by molar-refractivity contribution is 5.31. The van der Waals surface area contributed by atoms with Gasteiger partial charge in [0.15, 0.2) is 0 Å². The molecule has 0 heteroatoms. The van der Waals surface area contributed by atoms with Gasteiger partial charge in [-0.3, -0.25) is 0 Å². The van der Waals surface area contributed by atoms with Crippen LogP contribution < -0.4 is 0 Å². The van der Waals surface area contributed by atoms with Gasteiger partial charge < -0.3 is 0 Å². The third-order valence-electron chi connectivity index (χ3n) is 1.84. The molecule has 0 spiro atoms. The van der Waals surface area contributed by atoms with Crippen molar-refractivity contribution in [2.24, 2.45) is 0 Å². The van der Waals surface area contributed by atoms with Crippen molar-refractivity contribution in [3.63, 3.8) is 0 Å². The molecule has 0 saturated carbocycles. The second-order valence-corrected chi connectivity index (χ2v) is 2.97. The lowest BCUT2D eigenvalue weighted by atomic mass is 10.0. The Morgan fingerprint density at radius 3 is 2.42 bits per heavy atom. The minimum Gasteiger partial charge on any atom is -0.0991 e. The molecule has 0 heterocycles. The first kappa shape index (κ1) is 11.2. The van der Waals surface area contributed by atoms with Crippen LogP contribution in [0, 0.1) is 0 Å². The average molecular weight is 164 g/mol. The van der Waals surface area contributed by atoms with E-state index in [2.05, 4.69) is 39.5 Å². The van der Waals surface area contributed by atoms with E-state index in [9.17, 15) is 0 Å². The van der Waals surface area contributed by atoms with Gasteiger partial charge >= 0.3 is 0 Å². The van der Waals surface area contributed by atoms with E-state index < -0.39 is 0 Å². The van der Waals surface area contributed by atoms with Crippen LogP contribution >= 0.6 is 0 Å². The van der Waals surface area contributed by atoms with Crippen molar-refractivity contribution in [2.75, 3.05) is 0 Å². The molecule has 0 saturated heterocycles. The zero-order valence-corrected chi connectivity index (χ0v) is 8.56. The molecule has 0 bridgehead atoms. The van der Waals surface area contributed by atoms with Gasteiger partial charge in [0.2, 0.25) is 0 Å². The van der Waals surface area contributed by atoms with Gasteiger partial charge in [0.1, 0.15) is 0 Å². The van der Waals surface area contributed by atoms with Crippen LogP contribution in [-0.2, 0) is 0 Å². The summed E-state index contributed by atoms with van der Waals surface area (Å²) in [7, 11) is 0. The van der Waals surface area contributed by atoms with Gasteiger partial charge in [-0.25, -0.2) is 0 Å². The first-order chi connectivity index (χ1) is 5.76. The molecule has 0 atom stereocenters. The molecular formula is C12H20. The Morgan fingerprint density at radius 2 is 2.00 bits per heavy atom. The predicted molar refractivity (Wildman–Crippen MR) is 57.2 cm³/mol. The van der Waals surface area contributed by atoms with E-state index in [1.807, 2.05) is 6.08 Å². The minimum absolute atomic E-state index is 1.12. The van der Waals surface area contributed by atoms with Crippen molar-refractivity contribution in [1.82, 2.24) is 0 Å². The van der Waals surface area contributed by atoms with Crippen LogP contribution in [0.1, 0.15) is 40.0 Å². The zero-order chi connectivity index (χ0) is 9.40. The molecule has 0 aromatic carbocycles. The molecule has 0 aliphatic carbocycles. The topological polar surface area (TPSA) is 0 Å². The van der Waals surface area contributed by atoms with Crippen molar-refractivity contribution in [1.29, 1.82) is 0 Å². The number of hydrogen-bond acceptors (Lipinski definition) is 0. The van der Waals surface area contributed by atoms with E-state index in [1.165, 1.54) is 24.0 Å². The fraction of sp³-hybridized carbons (Fsp3) is 0.500. The summed E-state index contributed by atoms with van der Waals surface area (Å²) in [6, 6.07) is 0. The average Bonchev–Trinajstić information content (AvgIpc) is 2.04. The molecule has 12 heavy (non-hydrogen) atoms. The first-order valence-electron chi connectivity index (χ1n) is 4.74. The lowest BCUT2D eigenvalue weighted by Gasteiger charge is -2.05. The molecule has 0 aromatic rings. The predicted octanol–water partition coefficient (Wildman–Crippen LogP) is 4.26. The Morgan fingerprint density at radius 1 is 1.33 bits per heavy atom. The number of hydrogen-bond donors (Lipinski definition) is 0. The Bertz CT molecular complexity index is 182. The molecule has 0 aliphatic rings. The molecule has 0 amide bonds. The van der Waals surface area contributed by atoms with E-state index in [0.717, 1.165) is 6.42 Å². The standard InChI is InChI=1S/C12H20/c1-5-8-11(4)12(9-6-2)10-7-3/h5,8-9H,1,6-7,10H2,2-4H3/b11-8-,12-9-. The maximum atomic E-state index is 3.70. The van der Waals surface area contributed by atoms with Crippen molar-refractivity contribution >= 4 is 0 Å². The van der Waals surface area contributed by atoms with E-state index >= 15 is 0 Å². The number of allylic oxidation sites excluding steroid dienone is 5. The van der Waals surface area contributed by atoms with Crippen LogP contribution in [0.4, 0.5) is 0 Å². The maximum absolute atomic E-state index is 3.70. The van der Waals surface area contributed by atoms with Crippen molar-refractivity contribution < 1.29 is 0 Å². The van der Waals surface area contributed by atoms with E-state index in [1.54, 1.807) is 0 Å². The smallest absolute Gasteiger partial charge is 0.0282 e. The van der Waals surface area contributed by atoms with Crippen LogP contribution in [0.5, 0.6) is 0 Å². The third kappa shape index (κ3) is 4.17. The molecule has 0 aliphatic heterocycles. The lowest BCUT2D eigenvalue weighted by Crippen LogP contribution is -1.85. The fourth-order valence-electron chi connectivity index (χ4n) is 1.26. The van der Waals surface area contributed by atoms with Gasteiger partial charge in [0.25, 0.3) is 0 Å². The summed E-state index contributed by atoms with van der Waals surface area (Å²) in [5, 5.41) is 0. The van der Waals surface area contributed by atoms with Gasteiger partial charge in [-0.2, -0.15) is 0 Å². The maximum Gasteiger partial charge on any atom is -0.0282 e. The molecule has 0 nitrogen and oxygen atoms in total. The first-order valence-corrected chi connectivity index (χ1v) is 4.74. The molecule has 0 rings (SSSR count). The molecule has 0 radical (unpaired) electrons. The fourth-order valence-corrected chi connectivity index (χ4v) is 1.26. The summed E-state index contributed by atoms with van der Waals surface area (Å²) < 4.78 is 0. The summed E-state index contributed by atoms with van der Waals surface area (Å²) in [6.45, 7) is 10.2. The molecule has 0 unspecified atom stereocenters. The third-order valence-corrected chi connectivity index (χ3v) is 1.84. The monoisotopic (exact) mass is 164 g/mol. The summed E-state index contributed by atoms with van der Waals surface area (Å²) in [4.78, 5) is 0. The highest BCUT2D eigenvalue weighted by Crippen LogP contribution is 2.16. The Labute approximate surface area is 76.7 Å². The Balaban J connectivity index is 4.39. The highest BCUT2D eigenvalue weighted by Gasteiger charge is 1.96. The lowest BCUT2D eigenvalue weighted by molar-refractivity contribution is 0.902. The van der Waals surface area contributed by atoms with Crippen molar-refractivity contribution in [2.45, 2.75) is 40.0 Å². The quantitative estimate of drug-likeness (QED) is 0.533. The molecular weight excluding hydrogens is 144 g/mol. The van der Waals surface area contributed by atoms with E-state index in [4.69, 9.17) is 0 Å². The largest absolute Gasteiger partial charge is 0.0991 e. The van der Waals surface area contributed by atoms with Gasteiger partial charge in [-0.1, -0.05) is 45.1 Å². The summed E-state index contributed by atoms with van der Waals surface area (Å²) in [5.74, 6) is 0. The molecule has 0 fully saturated rings. The highest BCUT2D eigenvalue weighted by atomic mass is 14.0. The van der Waals surface area contributed by atoms with Gasteiger partial charge in [0.05, 0.1) is 0 Å². The van der Waals surface area contributed by atoms with E-state index in [-0.39, 0.29) is 0 Å². The SMILES string of the molecule is C=C/C=C(C)\C(=C/CC)CCC. The second kappa shape index (κ2) is 6.90. The van der Waals surface area contributed by atoms with Gasteiger partial charge in [0, 0.05) is 0 Å². The van der Waals surface area contributed by atoms with Crippen LogP contribution in [0.3, 0.4) is 0 Å². The van der Waals surface area contributed by atoms with Gasteiger partial charge in [-0.15, -0.1) is 0 Å². The van der Waals surface area contributed by atoms with Crippen molar-refractivity contribution in [3.8, 4) is 0 Å². The molecule has 68 valence electrons. The number of rotatable bonds is 5. The molecule has 0 N–H and O–H groups in total. The Hall–Kier alpha value is -0.780. The normalized spacial score (nSPS) is 13.2. The Kier molecular flexibility index (Phi) is 6.45. The zero-order valence-electron chi connectivity index (χ0n) is 8.56. The second-order valence-electron chi connectivity index (χ2n) is 2.97. The van der Waals surface area contributed by atoms with Crippen LogP contribution in [-0.4, -0.2) is 0 Å². The van der Waals surface area contributed by atoms with Crippen LogP contribution in [0.2, 0.25) is 0 Å². The van der Waals surface area contributed by atoms with Gasteiger partial charge in [-0.05, 0) is 30.9 Å². The van der Waals surface area contributed by atoms with Crippen LogP contribution in [0.15, 0.2) is 36.0 Å². The molecule has 0 aromatic heterocycles. The van der Waals surface area contributed by atoms with Crippen molar-refractivity contribution in [3.05, 3.63) is 36.0 Å². The summed E-state index contributed by atoms with van der Waals surface area (Å²) in [5.41, 5.74) is 2.83. The summed E-state index contributed by atoms with van der Waals surface area (Å²) in [6.07, 6.45) is 9.76. The van der Waals surface area contributed by atoms with E-state index in [0.29, 0.717) is 0 Å². The minimum atomic E-state index is 1.12. The van der Waals surface area contributed by atoms with Crippen LogP contribution in [0.25, 0.3) is 0 Å². The summed E-state index contributed by atoms with van der Waals surface area (Å²) >= 11 is 0.